The fourth-order valence-electron chi connectivity index (χ4n) is 2.94. The van der Waals surface area contributed by atoms with E-state index in [9.17, 15) is 17.2 Å². The summed E-state index contributed by atoms with van der Waals surface area (Å²) in [7, 11) is -3.53. The van der Waals surface area contributed by atoms with Gasteiger partial charge in [0.2, 0.25) is 10.0 Å². The fraction of sp³-hybridized carbons (Fsp3) is 0.438. The molecule has 25 heavy (non-hydrogen) atoms. The van der Waals surface area contributed by atoms with Crippen LogP contribution in [-0.4, -0.2) is 42.0 Å². The number of sulfonamides is 1. The third-order valence-electron chi connectivity index (χ3n) is 4.29. The van der Waals surface area contributed by atoms with E-state index in [1.165, 1.54) is 12.4 Å². The minimum absolute atomic E-state index is 0.156. The van der Waals surface area contributed by atoms with Crippen molar-refractivity contribution in [2.45, 2.75) is 36.9 Å². The molecule has 1 aliphatic rings. The molecular weight excluding hydrogens is 350 g/mol. The van der Waals surface area contributed by atoms with Crippen LogP contribution in [0.1, 0.15) is 25.2 Å². The minimum atomic E-state index is -3.53. The Morgan fingerprint density at radius 3 is 2.52 bits per heavy atom. The molecule has 1 aliphatic heterocycles. The molecule has 0 bridgehead atoms. The highest BCUT2D eigenvalue weighted by atomic mass is 32.2. The summed E-state index contributed by atoms with van der Waals surface area (Å²) in [6.45, 7) is -1.03. The fourth-order valence-corrected chi connectivity index (χ4v) is 4.27. The van der Waals surface area contributed by atoms with Gasteiger partial charge >= 0.3 is 6.55 Å². The number of nitrogens with one attached hydrogen (secondary N) is 1. The second-order valence-electron chi connectivity index (χ2n) is 6.01. The Balaban J connectivity index is 1.55. The number of benzene rings is 1. The number of rotatable bonds is 6. The summed E-state index contributed by atoms with van der Waals surface area (Å²) in [5.74, 6) is 0.318. The summed E-state index contributed by atoms with van der Waals surface area (Å²) < 4.78 is 54.0. The summed E-state index contributed by atoms with van der Waals surface area (Å²) in [4.78, 5) is 6.23. The highest BCUT2D eigenvalue weighted by Gasteiger charge is 2.25. The van der Waals surface area contributed by atoms with Gasteiger partial charge in [-0.2, -0.15) is 8.78 Å². The summed E-state index contributed by atoms with van der Waals surface area (Å²) in [5, 5.41) is 0. The van der Waals surface area contributed by atoms with Crippen molar-refractivity contribution in [3.63, 3.8) is 0 Å². The van der Waals surface area contributed by atoms with Gasteiger partial charge in [0.25, 0.3) is 0 Å². The van der Waals surface area contributed by atoms with Gasteiger partial charge in [0.05, 0.1) is 11.4 Å². The van der Waals surface area contributed by atoms with Crippen LogP contribution in [0.2, 0.25) is 0 Å². The Hall–Kier alpha value is -1.84. The zero-order valence-electron chi connectivity index (χ0n) is 13.6. The van der Waals surface area contributed by atoms with Crippen molar-refractivity contribution >= 4 is 10.0 Å². The molecule has 1 aromatic heterocycles. The van der Waals surface area contributed by atoms with Gasteiger partial charge in [-0.3, -0.25) is 9.47 Å². The molecule has 0 unspecified atom stereocenters. The summed E-state index contributed by atoms with van der Waals surface area (Å²) in [5.41, 5.74) is 0. The second-order valence-corrected chi connectivity index (χ2v) is 7.73. The van der Waals surface area contributed by atoms with E-state index in [4.69, 9.17) is 0 Å². The van der Waals surface area contributed by atoms with Gasteiger partial charge in [0, 0.05) is 31.5 Å². The number of aromatic nitrogens is 2. The molecule has 1 fully saturated rings. The number of piperidine rings is 1. The van der Waals surface area contributed by atoms with E-state index in [1.807, 2.05) is 4.90 Å². The molecule has 1 aromatic carbocycles. The van der Waals surface area contributed by atoms with E-state index in [0.29, 0.717) is 38.3 Å². The number of hydrogen-bond donors (Lipinski definition) is 1. The van der Waals surface area contributed by atoms with Crippen LogP contribution in [0.15, 0.2) is 47.6 Å². The molecule has 136 valence electrons. The number of likely N-dealkylation sites (tertiary alicyclic amines) is 1. The van der Waals surface area contributed by atoms with Crippen molar-refractivity contribution in [2.75, 3.05) is 13.1 Å². The predicted octanol–water partition coefficient (Wildman–Crippen LogP) is 2.22. The van der Waals surface area contributed by atoms with Crippen LogP contribution in [0.5, 0.6) is 0 Å². The number of alkyl halides is 2. The van der Waals surface area contributed by atoms with Gasteiger partial charge in [-0.05, 0) is 25.0 Å². The number of halogens is 2. The molecule has 0 atom stereocenters. The lowest BCUT2D eigenvalue weighted by molar-refractivity contribution is 0.0628. The SMILES string of the molecule is O=S(=O)(NC1CCN(Cc2nccn2C(F)F)CC1)c1ccccc1. The lowest BCUT2D eigenvalue weighted by atomic mass is 10.1. The molecule has 0 spiro atoms. The topological polar surface area (TPSA) is 67.2 Å². The Kier molecular flexibility index (Phi) is 5.45. The molecule has 3 rings (SSSR count). The average molecular weight is 370 g/mol. The van der Waals surface area contributed by atoms with E-state index >= 15 is 0 Å². The van der Waals surface area contributed by atoms with E-state index in [0.717, 1.165) is 4.57 Å². The van der Waals surface area contributed by atoms with Gasteiger partial charge in [0.15, 0.2) is 0 Å². The van der Waals surface area contributed by atoms with Gasteiger partial charge in [-0.1, -0.05) is 18.2 Å². The minimum Gasteiger partial charge on any atom is -0.296 e. The van der Waals surface area contributed by atoms with Crippen LogP contribution >= 0.6 is 0 Å². The van der Waals surface area contributed by atoms with Crippen LogP contribution in [0.3, 0.4) is 0 Å². The highest BCUT2D eigenvalue weighted by Crippen LogP contribution is 2.18. The maximum atomic E-state index is 12.9. The lowest BCUT2D eigenvalue weighted by Gasteiger charge is -2.32. The maximum absolute atomic E-state index is 12.9. The Labute approximate surface area is 145 Å². The molecule has 2 aromatic rings. The highest BCUT2D eigenvalue weighted by molar-refractivity contribution is 7.89. The van der Waals surface area contributed by atoms with Crippen molar-refractivity contribution in [3.05, 3.63) is 48.5 Å². The second kappa shape index (κ2) is 7.59. The zero-order valence-corrected chi connectivity index (χ0v) is 14.4. The monoisotopic (exact) mass is 370 g/mol. The molecule has 0 aliphatic carbocycles. The van der Waals surface area contributed by atoms with E-state index in [-0.39, 0.29) is 10.9 Å². The van der Waals surface area contributed by atoms with E-state index < -0.39 is 16.6 Å². The van der Waals surface area contributed by atoms with Crippen LogP contribution in [0, 0.1) is 0 Å². The third kappa shape index (κ3) is 4.42. The Morgan fingerprint density at radius 1 is 1.20 bits per heavy atom. The molecule has 0 radical (unpaired) electrons. The first-order valence-electron chi connectivity index (χ1n) is 8.05. The molecule has 6 nitrogen and oxygen atoms in total. The van der Waals surface area contributed by atoms with Crippen molar-refractivity contribution in [3.8, 4) is 0 Å². The summed E-state index contributed by atoms with van der Waals surface area (Å²) >= 11 is 0. The molecule has 0 saturated carbocycles. The first-order valence-corrected chi connectivity index (χ1v) is 9.53. The number of imidazole rings is 1. The first-order chi connectivity index (χ1) is 12.0. The largest absolute Gasteiger partial charge is 0.319 e. The molecule has 1 saturated heterocycles. The molecule has 1 N–H and O–H groups in total. The molecule has 0 amide bonds. The maximum Gasteiger partial charge on any atom is 0.319 e. The Morgan fingerprint density at radius 2 is 1.88 bits per heavy atom. The van der Waals surface area contributed by atoms with Gasteiger partial charge < -0.3 is 0 Å². The predicted molar refractivity (Wildman–Crippen MR) is 88.5 cm³/mol. The number of hydrogen-bond acceptors (Lipinski definition) is 4. The molecular formula is C16H20F2N4O2S. The van der Waals surface area contributed by atoms with E-state index in [2.05, 4.69) is 9.71 Å². The van der Waals surface area contributed by atoms with Crippen molar-refractivity contribution in [1.82, 2.24) is 19.2 Å². The van der Waals surface area contributed by atoms with Gasteiger partial charge in [-0.15, -0.1) is 0 Å². The smallest absolute Gasteiger partial charge is 0.296 e. The first kappa shape index (κ1) is 18.0. The van der Waals surface area contributed by atoms with Crippen molar-refractivity contribution in [1.29, 1.82) is 0 Å². The summed E-state index contributed by atoms with van der Waals surface area (Å²) in [6, 6.07) is 8.09. The van der Waals surface area contributed by atoms with Crippen molar-refractivity contribution < 1.29 is 17.2 Å². The normalized spacial score (nSPS) is 17.2. The van der Waals surface area contributed by atoms with Crippen LogP contribution in [0.4, 0.5) is 8.78 Å². The van der Waals surface area contributed by atoms with Crippen LogP contribution < -0.4 is 4.72 Å². The summed E-state index contributed by atoms with van der Waals surface area (Å²) in [6.07, 6.45) is 3.88. The number of nitrogens with zero attached hydrogens (tertiary/aromatic N) is 3. The van der Waals surface area contributed by atoms with Gasteiger partial charge in [-0.25, -0.2) is 18.1 Å². The zero-order chi connectivity index (χ0) is 17.9. The van der Waals surface area contributed by atoms with Gasteiger partial charge in [0.1, 0.15) is 5.82 Å². The van der Waals surface area contributed by atoms with Crippen LogP contribution in [0.25, 0.3) is 0 Å². The molecule has 2 heterocycles. The quantitative estimate of drug-likeness (QED) is 0.847. The van der Waals surface area contributed by atoms with Crippen molar-refractivity contribution in [2.24, 2.45) is 0 Å². The lowest BCUT2D eigenvalue weighted by Crippen LogP contribution is -2.44. The molecule has 9 heteroatoms. The Bertz CT molecular complexity index is 787. The standard InChI is InChI=1S/C16H20F2N4O2S/c17-16(18)22-11-8-19-15(22)12-21-9-6-13(7-10-21)20-25(23,24)14-4-2-1-3-5-14/h1-5,8,11,13,16,20H,6-7,9-10,12H2. The van der Waals surface area contributed by atoms with Crippen LogP contribution in [-0.2, 0) is 16.6 Å². The average Bonchev–Trinajstić information content (AvgIpc) is 3.06. The third-order valence-corrected chi connectivity index (χ3v) is 5.82. The van der Waals surface area contributed by atoms with E-state index in [1.54, 1.807) is 30.3 Å².